The van der Waals surface area contributed by atoms with Gasteiger partial charge < -0.3 is 10.0 Å². The summed E-state index contributed by atoms with van der Waals surface area (Å²) in [4.78, 5) is 29.2. The van der Waals surface area contributed by atoms with Crippen LogP contribution in [0.5, 0.6) is 5.75 Å². The molecule has 2 aliphatic carbocycles. The number of phenolic OH excluding ortho intramolecular Hbond substituents is 1. The Kier molecular flexibility index (Phi) is 4.89. The van der Waals surface area contributed by atoms with Crippen molar-refractivity contribution >= 4 is 11.8 Å². The van der Waals surface area contributed by atoms with Crippen LogP contribution in [0.25, 0.3) is 0 Å². The molecule has 5 nitrogen and oxygen atoms in total. The summed E-state index contributed by atoms with van der Waals surface area (Å²) < 4.78 is 0. The number of imide groups is 1. The zero-order valence-corrected chi connectivity index (χ0v) is 17.2. The Bertz CT molecular complexity index is 794. The molecule has 3 fully saturated rings. The van der Waals surface area contributed by atoms with E-state index in [0.29, 0.717) is 37.0 Å². The number of nitrogens with zero attached hydrogens (tertiary/aromatic N) is 2. The van der Waals surface area contributed by atoms with Crippen LogP contribution in [-0.4, -0.2) is 52.9 Å². The van der Waals surface area contributed by atoms with Gasteiger partial charge in [0.25, 0.3) is 0 Å². The van der Waals surface area contributed by atoms with Crippen LogP contribution in [-0.2, 0) is 16.0 Å². The summed E-state index contributed by atoms with van der Waals surface area (Å²) in [6.45, 7) is 3.69. The van der Waals surface area contributed by atoms with E-state index in [1.165, 1.54) is 28.9 Å². The first kappa shape index (κ1) is 19.1. The van der Waals surface area contributed by atoms with E-state index >= 15 is 0 Å². The van der Waals surface area contributed by atoms with Gasteiger partial charge >= 0.3 is 0 Å². The van der Waals surface area contributed by atoms with E-state index in [1.54, 1.807) is 0 Å². The van der Waals surface area contributed by atoms with Gasteiger partial charge in [-0.1, -0.05) is 25.0 Å². The molecule has 1 spiro atoms. The van der Waals surface area contributed by atoms with Crippen LogP contribution in [0.1, 0.15) is 68.4 Å². The number of aromatic hydroxyl groups is 1. The Hall–Kier alpha value is -1.88. The Morgan fingerprint density at radius 1 is 1.00 bits per heavy atom. The monoisotopic (exact) mass is 396 g/mol. The Balaban J connectivity index is 1.09. The van der Waals surface area contributed by atoms with E-state index in [9.17, 15) is 14.7 Å². The van der Waals surface area contributed by atoms with Crippen molar-refractivity contribution in [3.63, 3.8) is 0 Å². The van der Waals surface area contributed by atoms with Crippen LogP contribution >= 0.6 is 0 Å². The Morgan fingerprint density at radius 2 is 1.72 bits per heavy atom. The van der Waals surface area contributed by atoms with Gasteiger partial charge in [-0.05, 0) is 61.6 Å². The number of fused-ring (bicyclic) bond motifs is 3. The van der Waals surface area contributed by atoms with Crippen molar-refractivity contribution in [1.29, 1.82) is 0 Å². The van der Waals surface area contributed by atoms with Crippen molar-refractivity contribution in [1.82, 2.24) is 9.80 Å². The van der Waals surface area contributed by atoms with Gasteiger partial charge in [0.2, 0.25) is 11.8 Å². The number of hydrogen-bond acceptors (Lipinski definition) is 4. The highest BCUT2D eigenvalue weighted by Crippen LogP contribution is 2.47. The van der Waals surface area contributed by atoms with Gasteiger partial charge in [0, 0.05) is 44.0 Å². The number of piperidine rings is 1. The summed E-state index contributed by atoms with van der Waals surface area (Å²) in [7, 11) is 0. The molecule has 2 atom stereocenters. The third kappa shape index (κ3) is 3.48. The molecule has 0 bridgehead atoms. The topological polar surface area (TPSA) is 60.9 Å². The van der Waals surface area contributed by atoms with Crippen molar-refractivity contribution in [2.75, 3.05) is 26.2 Å². The molecule has 2 unspecified atom stereocenters. The molecule has 1 N–H and O–H groups in total. The average Bonchev–Trinajstić information content (AvgIpc) is 3.35. The zero-order chi connectivity index (χ0) is 20.0. The minimum Gasteiger partial charge on any atom is -0.508 e. The first-order chi connectivity index (χ1) is 14.0. The first-order valence-corrected chi connectivity index (χ1v) is 11.4. The molecule has 1 aromatic carbocycles. The minimum atomic E-state index is -0.000144. The van der Waals surface area contributed by atoms with Gasteiger partial charge in [-0.3, -0.25) is 14.5 Å². The molecule has 5 heteroatoms. The smallest absolute Gasteiger partial charge is 0.229 e. The average molecular weight is 397 g/mol. The van der Waals surface area contributed by atoms with E-state index in [0.717, 1.165) is 51.7 Å². The highest BCUT2D eigenvalue weighted by atomic mass is 16.3. The molecule has 2 heterocycles. The van der Waals surface area contributed by atoms with Gasteiger partial charge in [0.15, 0.2) is 0 Å². The van der Waals surface area contributed by atoms with E-state index in [1.807, 2.05) is 12.1 Å². The molecule has 0 radical (unpaired) electrons. The molecular formula is C24H32N2O3. The zero-order valence-electron chi connectivity index (χ0n) is 17.2. The lowest BCUT2D eigenvalue weighted by Gasteiger charge is -2.37. The summed E-state index contributed by atoms with van der Waals surface area (Å²) in [5.41, 5.74) is 2.49. The van der Waals surface area contributed by atoms with Crippen molar-refractivity contribution in [3.8, 4) is 5.75 Å². The molecule has 1 aromatic rings. The van der Waals surface area contributed by atoms with E-state index < -0.39 is 0 Å². The van der Waals surface area contributed by atoms with E-state index in [2.05, 4.69) is 11.0 Å². The quantitative estimate of drug-likeness (QED) is 0.612. The molecule has 2 saturated heterocycles. The maximum atomic E-state index is 12.6. The highest BCUT2D eigenvalue weighted by Gasteiger charge is 2.45. The number of hydrogen-bond donors (Lipinski definition) is 1. The molecule has 0 aromatic heterocycles. The molecular weight excluding hydrogens is 364 g/mol. The fraction of sp³-hybridized carbons (Fsp3) is 0.667. The number of amides is 2. The second kappa shape index (κ2) is 7.42. The van der Waals surface area contributed by atoms with Gasteiger partial charge in [-0.15, -0.1) is 0 Å². The summed E-state index contributed by atoms with van der Waals surface area (Å²) in [6.07, 6.45) is 8.56. The van der Waals surface area contributed by atoms with Crippen LogP contribution in [0.15, 0.2) is 18.2 Å². The summed E-state index contributed by atoms with van der Waals surface area (Å²) in [5.74, 6) is 1.65. The molecule has 2 amide bonds. The third-order valence-electron chi connectivity index (χ3n) is 7.97. The normalized spacial score (nSPS) is 28.3. The fourth-order valence-electron chi connectivity index (χ4n) is 6.53. The first-order valence-electron chi connectivity index (χ1n) is 11.4. The summed E-state index contributed by atoms with van der Waals surface area (Å²) in [6, 6.07) is 5.91. The van der Waals surface area contributed by atoms with Crippen LogP contribution in [0.2, 0.25) is 0 Å². The van der Waals surface area contributed by atoms with Crippen molar-refractivity contribution in [3.05, 3.63) is 29.3 Å². The molecule has 156 valence electrons. The number of unbranched alkanes of at least 4 members (excludes halogenated alkanes) is 1. The van der Waals surface area contributed by atoms with Crippen molar-refractivity contribution in [2.45, 2.75) is 63.7 Å². The predicted octanol–water partition coefficient (Wildman–Crippen LogP) is 3.45. The fourth-order valence-corrected chi connectivity index (χ4v) is 6.53. The standard InChI is InChI=1S/C24H32N2O3/c27-20-7-5-6-17-12-18-15-25(16-19(18)23(17)20)10-3-4-11-26-21(28)13-24(14-22(26)29)8-1-2-9-24/h5-7,18-19,27H,1-4,8-16H2. The SMILES string of the molecule is O=C1CC2(CCCC2)CC(=O)N1CCCCN1CC2Cc3cccc(O)c3C2C1. The van der Waals surface area contributed by atoms with E-state index in [-0.39, 0.29) is 17.2 Å². The predicted molar refractivity (Wildman–Crippen MR) is 111 cm³/mol. The lowest BCUT2D eigenvalue weighted by molar-refractivity contribution is -0.153. The van der Waals surface area contributed by atoms with Crippen molar-refractivity contribution < 1.29 is 14.7 Å². The lowest BCUT2D eigenvalue weighted by atomic mass is 9.76. The molecule has 1 saturated carbocycles. The largest absolute Gasteiger partial charge is 0.508 e. The number of carbonyl (C=O) groups excluding carboxylic acids is 2. The Labute approximate surface area is 173 Å². The van der Waals surface area contributed by atoms with Crippen LogP contribution in [0.4, 0.5) is 0 Å². The summed E-state index contributed by atoms with van der Waals surface area (Å²) >= 11 is 0. The molecule has 4 aliphatic rings. The van der Waals surface area contributed by atoms with Crippen LogP contribution in [0.3, 0.4) is 0 Å². The number of phenols is 1. The second-order valence-corrected chi connectivity index (χ2v) is 9.89. The third-order valence-corrected chi connectivity index (χ3v) is 7.97. The number of carbonyl (C=O) groups is 2. The van der Waals surface area contributed by atoms with Gasteiger partial charge in [0.05, 0.1) is 0 Å². The van der Waals surface area contributed by atoms with Crippen molar-refractivity contribution in [2.24, 2.45) is 11.3 Å². The van der Waals surface area contributed by atoms with E-state index in [4.69, 9.17) is 0 Å². The Morgan fingerprint density at radius 3 is 2.48 bits per heavy atom. The maximum absolute atomic E-state index is 12.6. The van der Waals surface area contributed by atoms with Crippen LogP contribution < -0.4 is 0 Å². The molecule has 5 rings (SSSR count). The number of likely N-dealkylation sites (tertiary alicyclic amines) is 2. The number of rotatable bonds is 5. The lowest BCUT2D eigenvalue weighted by Crippen LogP contribution is -2.47. The second-order valence-electron chi connectivity index (χ2n) is 9.89. The van der Waals surface area contributed by atoms with Gasteiger partial charge in [0.1, 0.15) is 5.75 Å². The minimum absolute atomic E-state index is 0.000144. The maximum Gasteiger partial charge on any atom is 0.229 e. The summed E-state index contributed by atoms with van der Waals surface area (Å²) in [5, 5.41) is 10.3. The van der Waals surface area contributed by atoms with Gasteiger partial charge in [-0.2, -0.15) is 0 Å². The molecule has 29 heavy (non-hydrogen) atoms. The van der Waals surface area contributed by atoms with Gasteiger partial charge in [-0.25, -0.2) is 0 Å². The number of benzene rings is 1. The molecule has 2 aliphatic heterocycles. The highest BCUT2D eigenvalue weighted by molar-refractivity contribution is 5.98. The van der Waals surface area contributed by atoms with Crippen LogP contribution in [0, 0.1) is 11.3 Å².